The second-order valence-electron chi connectivity index (χ2n) is 9.38. The summed E-state index contributed by atoms with van der Waals surface area (Å²) < 4.78 is 0. The van der Waals surface area contributed by atoms with E-state index in [0.29, 0.717) is 34.4 Å². The molecule has 6 nitrogen and oxygen atoms in total. The summed E-state index contributed by atoms with van der Waals surface area (Å²) in [6.07, 6.45) is 0.294. The smallest absolute Gasteiger partial charge is 0.193 e. The van der Waals surface area contributed by atoms with Crippen LogP contribution in [-0.2, 0) is 6.42 Å². The van der Waals surface area contributed by atoms with E-state index >= 15 is 0 Å². The van der Waals surface area contributed by atoms with Gasteiger partial charge in [0.25, 0.3) is 0 Å². The van der Waals surface area contributed by atoms with Crippen molar-refractivity contribution < 1.29 is 9.59 Å². The van der Waals surface area contributed by atoms with Gasteiger partial charge in [0.2, 0.25) is 0 Å². The third-order valence-electron chi connectivity index (χ3n) is 6.52. The van der Waals surface area contributed by atoms with E-state index in [1.165, 1.54) is 0 Å². The third-order valence-corrected chi connectivity index (χ3v) is 6.52. The fraction of sp³-hybridized carbons (Fsp3) is 0.0286. The fourth-order valence-corrected chi connectivity index (χ4v) is 4.25. The summed E-state index contributed by atoms with van der Waals surface area (Å²) in [5.74, 6) is -0.0822. The molecule has 196 valence electrons. The van der Waals surface area contributed by atoms with E-state index in [1.807, 2.05) is 60.7 Å². The molecule has 5 rings (SSSR count). The molecular weight excluding hydrogens is 508 g/mol. The second kappa shape index (κ2) is 12.3. The zero-order valence-corrected chi connectivity index (χ0v) is 22.0. The summed E-state index contributed by atoms with van der Waals surface area (Å²) in [7, 11) is 0. The molecule has 0 heterocycles. The van der Waals surface area contributed by atoms with E-state index in [1.54, 1.807) is 60.7 Å². The molecule has 0 aliphatic rings. The summed E-state index contributed by atoms with van der Waals surface area (Å²) in [4.78, 5) is 28.6. The Morgan fingerprint density at radius 1 is 0.610 bits per heavy atom. The Balaban J connectivity index is 1.15. The van der Waals surface area contributed by atoms with Crippen molar-refractivity contribution in [3.63, 3.8) is 0 Å². The number of Topliss-reactive ketones (excluding diaryl/α,β-unsaturated/α-hetero) is 1. The van der Waals surface area contributed by atoms with Crippen LogP contribution in [0.3, 0.4) is 0 Å². The minimum Gasteiger partial charge on any atom is -0.356 e. The molecule has 0 bridgehead atoms. The van der Waals surface area contributed by atoms with Gasteiger partial charge in [-0.15, -0.1) is 0 Å². The maximum absolute atomic E-state index is 12.7. The number of hydrogen-bond acceptors (Lipinski definition) is 5. The molecule has 0 unspecified atom stereocenters. The molecule has 6 heteroatoms. The Bertz CT molecular complexity index is 1760. The summed E-state index contributed by atoms with van der Waals surface area (Å²) in [5.41, 5.74) is 7.25. The van der Waals surface area contributed by atoms with Crippen LogP contribution in [0.4, 0.5) is 28.4 Å². The lowest BCUT2D eigenvalue weighted by atomic mass is 10.0. The summed E-state index contributed by atoms with van der Waals surface area (Å²) >= 11 is 0. The van der Waals surface area contributed by atoms with Gasteiger partial charge in [0.05, 0.1) is 18.2 Å². The van der Waals surface area contributed by atoms with E-state index < -0.39 is 0 Å². The number of carbonyl (C=O) groups is 2. The van der Waals surface area contributed by atoms with Gasteiger partial charge in [0, 0.05) is 45.9 Å². The number of nitrogens with one attached hydrogen (secondary N) is 2. The second-order valence-corrected chi connectivity index (χ2v) is 9.38. The van der Waals surface area contributed by atoms with Crippen LogP contribution in [0.5, 0.6) is 0 Å². The number of benzene rings is 5. The van der Waals surface area contributed by atoms with Crippen molar-refractivity contribution in [3.05, 3.63) is 161 Å². The first kappa shape index (κ1) is 26.6. The Labute approximate surface area is 238 Å². The van der Waals surface area contributed by atoms with E-state index in [0.717, 1.165) is 28.3 Å². The normalized spacial score (nSPS) is 10.2. The Morgan fingerprint density at radius 3 is 1.49 bits per heavy atom. The molecule has 41 heavy (non-hydrogen) atoms. The number of hydrogen-bond donors (Lipinski definition) is 2. The SMILES string of the molecule is [C-]#[N+]c1ccc(C(=O)Cc2ccc(Nc3ccc(Nc4ccc(C(=O)c5ccc(C#N)cc5)cc4)cc3)cc2)cc1. The topological polar surface area (TPSA) is 86.3 Å². The van der Waals surface area contributed by atoms with Crippen molar-refractivity contribution in [2.24, 2.45) is 0 Å². The lowest BCUT2D eigenvalue weighted by Gasteiger charge is -2.11. The Kier molecular flexibility index (Phi) is 7.96. The van der Waals surface area contributed by atoms with Crippen molar-refractivity contribution in [2.75, 3.05) is 10.6 Å². The van der Waals surface area contributed by atoms with E-state index in [9.17, 15) is 9.59 Å². The van der Waals surface area contributed by atoms with E-state index in [2.05, 4.69) is 21.5 Å². The first-order chi connectivity index (χ1) is 20.0. The maximum Gasteiger partial charge on any atom is 0.193 e. The van der Waals surface area contributed by atoms with Crippen molar-refractivity contribution in [1.82, 2.24) is 0 Å². The van der Waals surface area contributed by atoms with Crippen molar-refractivity contribution in [3.8, 4) is 6.07 Å². The average molecular weight is 533 g/mol. The van der Waals surface area contributed by atoms with Crippen LogP contribution in [0.1, 0.15) is 37.4 Å². The molecule has 2 N–H and O–H groups in total. The van der Waals surface area contributed by atoms with Crippen molar-refractivity contribution >= 4 is 40.0 Å². The molecular formula is C35H24N4O2. The number of nitriles is 1. The zero-order chi connectivity index (χ0) is 28.6. The van der Waals surface area contributed by atoms with Crippen LogP contribution in [0.25, 0.3) is 4.85 Å². The van der Waals surface area contributed by atoms with Gasteiger partial charge in [0.1, 0.15) is 0 Å². The van der Waals surface area contributed by atoms with Gasteiger partial charge in [-0.25, -0.2) is 4.85 Å². The van der Waals surface area contributed by atoms with Crippen molar-refractivity contribution in [1.29, 1.82) is 5.26 Å². The highest BCUT2D eigenvalue weighted by Crippen LogP contribution is 2.23. The van der Waals surface area contributed by atoms with Crippen LogP contribution >= 0.6 is 0 Å². The van der Waals surface area contributed by atoms with Gasteiger partial charge in [0.15, 0.2) is 17.3 Å². The number of rotatable bonds is 9. The Hall–Kier alpha value is -5.98. The quantitative estimate of drug-likeness (QED) is 0.147. The molecule has 0 saturated heterocycles. The molecule has 0 aliphatic heterocycles. The standard InChI is InChI=1S/C35H24N4O2/c1-37-29-14-8-26(9-15-29)34(40)22-24-4-12-30(13-5-24)38-32-18-20-33(21-19-32)39-31-16-10-28(11-17-31)35(41)27-6-2-25(23-36)3-7-27/h2-21,38-39H,22H2. The van der Waals surface area contributed by atoms with Crippen LogP contribution < -0.4 is 10.6 Å². The molecule has 0 atom stereocenters. The molecule has 0 fully saturated rings. The van der Waals surface area contributed by atoms with Crippen molar-refractivity contribution in [2.45, 2.75) is 6.42 Å². The van der Waals surface area contributed by atoms with Gasteiger partial charge in [-0.1, -0.05) is 36.4 Å². The predicted molar refractivity (Wildman–Crippen MR) is 161 cm³/mol. The predicted octanol–water partition coefficient (Wildman–Crippen LogP) is 8.25. The zero-order valence-electron chi connectivity index (χ0n) is 22.0. The molecule has 5 aromatic carbocycles. The lowest BCUT2D eigenvalue weighted by molar-refractivity contribution is 0.0991. The summed E-state index contributed by atoms with van der Waals surface area (Å²) in [6.45, 7) is 7.02. The highest BCUT2D eigenvalue weighted by atomic mass is 16.1. The molecule has 0 aromatic heterocycles. The first-order valence-electron chi connectivity index (χ1n) is 12.9. The van der Waals surface area contributed by atoms with Crippen LogP contribution in [0, 0.1) is 17.9 Å². The number of carbonyl (C=O) groups excluding carboxylic acids is 2. The minimum absolute atomic E-state index is 0.0119. The van der Waals surface area contributed by atoms with Crippen LogP contribution in [0.2, 0.25) is 0 Å². The summed E-state index contributed by atoms with van der Waals surface area (Å²) in [6, 6.07) is 38.3. The van der Waals surface area contributed by atoms with Crippen LogP contribution in [-0.4, -0.2) is 11.6 Å². The number of ketones is 2. The molecule has 5 aromatic rings. The Morgan fingerprint density at radius 2 is 1.02 bits per heavy atom. The first-order valence-corrected chi connectivity index (χ1v) is 12.9. The lowest BCUT2D eigenvalue weighted by Crippen LogP contribution is -2.03. The number of nitrogens with zero attached hydrogens (tertiary/aromatic N) is 2. The minimum atomic E-state index is -0.0941. The maximum atomic E-state index is 12.7. The molecule has 0 aliphatic carbocycles. The van der Waals surface area contributed by atoms with E-state index in [-0.39, 0.29) is 11.6 Å². The number of anilines is 4. The monoisotopic (exact) mass is 532 g/mol. The largest absolute Gasteiger partial charge is 0.356 e. The van der Waals surface area contributed by atoms with E-state index in [4.69, 9.17) is 11.8 Å². The fourth-order valence-electron chi connectivity index (χ4n) is 4.25. The van der Waals surface area contributed by atoms with Gasteiger partial charge in [-0.3, -0.25) is 9.59 Å². The summed E-state index contributed by atoms with van der Waals surface area (Å²) in [5, 5.41) is 15.6. The van der Waals surface area contributed by atoms with Gasteiger partial charge >= 0.3 is 0 Å². The highest BCUT2D eigenvalue weighted by Gasteiger charge is 2.10. The van der Waals surface area contributed by atoms with Gasteiger partial charge in [-0.2, -0.15) is 5.26 Å². The molecule has 0 saturated carbocycles. The van der Waals surface area contributed by atoms with Crippen LogP contribution in [0.15, 0.2) is 121 Å². The average Bonchev–Trinajstić information content (AvgIpc) is 3.03. The molecule has 0 spiro atoms. The molecule has 0 radical (unpaired) electrons. The molecule has 0 amide bonds. The highest BCUT2D eigenvalue weighted by molar-refractivity contribution is 6.09. The van der Waals surface area contributed by atoms with Gasteiger partial charge in [-0.05, 0) is 90.5 Å². The third kappa shape index (κ3) is 6.72. The van der Waals surface area contributed by atoms with Gasteiger partial charge < -0.3 is 10.6 Å².